The molecule has 0 spiro atoms. The average molecular weight is 264 g/mol. The van der Waals surface area contributed by atoms with Gasteiger partial charge in [0.2, 0.25) is 0 Å². The normalized spacial score (nSPS) is 14.7. The van der Waals surface area contributed by atoms with Crippen LogP contribution < -0.4 is 10.1 Å². The molecule has 0 heterocycles. The minimum absolute atomic E-state index is 0.0378. The monoisotopic (exact) mass is 264 g/mol. The van der Waals surface area contributed by atoms with Crippen LogP contribution in [0.3, 0.4) is 0 Å². The van der Waals surface area contributed by atoms with Gasteiger partial charge in [0.25, 0.3) is 0 Å². The predicted octanol–water partition coefficient (Wildman–Crippen LogP) is 2.88. The molecule has 0 atom stereocenters. The van der Waals surface area contributed by atoms with E-state index in [1.807, 2.05) is 13.8 Å². The Balaban J connectivity index is 2.08. The van der Waals surface area contributed by atoms with Gasteiger partial charge >= 0.3 is 5.69 Å². The third-order valence-electron chi connectivity index (χ3n) is 2.97. The Bertz CT molecular complexity index is 456. The van der Waals surface area contributed by atoms with E-state index in [2.05, 4.69) is 5.32 Å². The van der Waals surface area contributed by atoms with Gasteiger partial charge < -0.3 is 10.1 Å². The van der Waals surface area contributed by atoms with Crippen molar-refractivity contribution in [3.05, 3.63) is 33.9 Å². The summed E-state index contributed by atoms with van der Waals surface area (Å²) in [5.74, 6) is 0.710. The molecule has 5 heteroatoms. The van der Waals surface area contributed by atoms with Crippen molar-refractivity contribution in [1.29, 1.82) is 0 Å². The van der Waals surface area contributed by atoms with Crippen LogP contribution >= 0.6 is 0 Å². The summed E-state index contributed by atoms with van der Waals surface area (Å²) in [4.78, 5) is 10.6. The molecule has 0 amide bonds. The molecule has 0 aliphatic heterocycles. The summed E-state index contributed by atoms with van der Waals surface area (Å²) in [6.45, 7) is 5.26. The average Bonchev–Trinajstić information content (AvgIpc) is 3.17. The topological polar surface area (TPSA) is 64.4 Å². The molecule has 1 N–H and O–H groups in total. The smallest absolute Gasteiger partial charge is 0.310 e. The lowest BCUT2D eigenvalue weighted by atomic mass is 10.2. The van der Waals surface area contributed by atoms with Crippen molar-refractivity contribution in [3.63, 3.8) is 0 Å². The van der Waals surface area contributed by atoms with Gasteiger partial charge in [-0.15, -0.1) is 0 Å². The molecule has 0 saturated heterocycles. The Morgan fingerprint density at radius 2 is 2.21 bits per heavy atom. The van der Waals surface area contributed by atoms with Gasteiger partial charge in [-0.25, -0.2) is 0 Å². The fraction of sp³-hybridized carbons (Fsp3) is 0.571. The highest BCUT2D eigenvalue weighted by Crippen LogP contribution is 2.29. The van der Waals surface area contributed by atoms with Crippen molar-refractivity contribution in [1.82, 2.24) is 5.32 Å². The van der Waals surface area contributed by atoms with Crippen molar-refractivity contribution in [3.8, 4) is 5.75 Å². The van der Waals surface area contributed by atoms with Crippen LogP contribution in [0.1, 0.15) is 32.3 Å². The number of hydrogen-bond donors (Lipinski definition) is 1. The van der Waals surface area contributed by atoms with E-state index in [4.69, 9.17) is 4.74 Å². The molecule has 1 saturated carbocycles. The van der Waals surface area contributed by atoms with Crippen molar-refractivity contribution in [2.24, 2.45) is 5.92 Å². The van der Waals surface area contributed by atoms with Gasteiger partial charge in [0.15, 0.2) is 5.75 Å². The number of hydrogen-bond acceptors (Lipinski definition) is 4. The van der Waals surface area contributed by atoms with E-state index in [9.17, 15) is 10.1 Å². The largest absolute Gasteiger partial charge is 0.487 e. The van der Waals surface area contributed by atoms with Gasteiger partial charge in [0.1, 0.15) is 0 Å². The van der Waals surface area contributed by atoms with Crippen molar-refractivity contribution in [2.75, 3.05) is 6.61 Å². The Hall–Kier alpha value is -1.62. The van der Waals surface area contributed by atoms with Crippen molar-refractivity contribution < 1.29 is 9.66 Å². The number of benzene rings is 1. The molecule has 0 bridgehead atoms. The number of ether oxygens (including phenoxy) is 1. The number of nitro groups is 1. The first-order valence-corrected chi connectivity index (χ1v) is 6.69. The Kier molecular flexibility index (Phi) is 4.37. The van der Waals surface area contributed by atoms with Crippen LogP contribution in [0.2, 0.25) is 0 Å². The molecule has 0 radical (unpaired) electrons. The molecule has 5 nitrogen and oxygen atoms in total. The number of nitro benzene ring substituents is 1. The van der Waals surface area contributed by atoms with Crippen LogP contribution in [0.4, 0.5) is 5.69 Å². The Morgan fingerprint density at radius 3 is 2.79 bits per heavy atom. The minimum atomic E-state index is -0.395. The maximum atomic E-state index is 11.0. The van der Waals surface area contributed by atoms with Gasteiger partial charge in [-0.1, -0.05) is 19.9 Å². The summed E-state index contributed by atoms with van der Waals surface area (Å²) in [6.07, 6.45) is 2.45. The first kappa shape index (κ1) is 13.8. The quantitative estimate of drug-likeness (QED) is 0.607. The van der Waals surface area contributed by atoms with Crippen LogP contribution in [-0.2, 0) is 6.54 Å². The zero-order valence-corrected chi connectivity index (χ0v) is 11.4. The third-order valence-corrected chi connectivity index (χ3v) is 2.97. The van der Waals surface area contributed by atoms with E-state index < -0.39 is 4.92 Å². The van der Waals surface area contributed by atoms with E-state index in [-0.39, 0.29) is 5.69 Å². The van der Waals surface area contributed by atoms with E-state index in [0.29, 0.717) is 24.3 Å². The molecule has 1 aliphatic carbocycles. The van der Waals surface area contributed by atoms with E-state index in [0.717, 1.165) is 12.1 Å². The lowest BCUT2D eigenvalue weighted by molar-refractivity contribution is -0.385. The summed E-state index contributed by atoms with van der Waals surface area (Å²) in [7, 11) is 0. The third kappa shape index (κ3) is 4.21. The molecular formula is C14H20N2O3. The molecule has 19 heavy (non-hydrogen) atoms. The minimum Gasteiger partial charge on any atom is -0.487 e. The molecule has 1 aliphatic rings. The van der Waals surface area contributed by atoms with Gasteiger partial charge in [-0.2, -0.15) is 0 Å². The van der Waals surface area contributed by atoms with Gasteiger partial charge in [0.05, 0.1) is 11.5 Å². The summed E-state index contributed by atoms with van der Waals surface area (Å²) >= 11 is 0. The summed E-state index contributed by atoms with van der Waals surface area (Å²) in [5, 5.41) is 14.4. The summed E-state index contributed by atoms with van der Waals surface area (Å²) < 4.78 is 5.55. The molecule has 104 valence electrons. The van der Waals surface area contributed by atoms with Crippen molar-refractivity contribution >= 4 is 5.69 Å². The predicted molar refractivity (Wildman–Crippen MR) is 73.3 cm³/mol. The SMILES string of the molecule is CC(C)COc1cc(CNC2CC2)ccc1[N+](=O)[O-]. The molecule has 0 aromatic heterocycles. The molecular weight excluding hydrogens is 244 g/mol. The van der Waals surface area contributed by atoms with Gasteiger partial charge in [-0.05, 0) is 30.4 Å². The first-order chi connectivity index (χ1) is 9.06. The zero-order valence-electron chi connectivity index (χ0n) is 11.4. The number of nitrogens with one attached hydrogen (secondary N) is 1. The maximum Gasteiger partial charge on any atom is 0.310 e. The summed E-state index contributed by atoms with van der Waals surface area (Å²) in [5.41, 5.74) is 1.06. The highest BCUT2D eigenvalue weighted by Gasteiger charge is 2.21. The number of rotatable bonds is 7. The molecule has 1 aromatic rings. The number of nitrogens with zero attached hydrogens (tertiary/aromatic N) is 1. The first-order valence-electron chi connectivity index (χ1n) is 6.69. The highest BCUT2D eigenvalue weighted by atomic mass is 16.6. The maximum absolute atomic E-state index is 11.0. The van der Waals surface area contributed by atoms with Gasteiger partial charge in [0, 0.05) is 18.7 Å². The van der Waals surface area contributed by atoms with E-state index in [1.54, 1.807) is 12.1 Å². The highest BCUT2D eigenvalue weighted by molar-refractivity contribution is 5.48. The van der Waals surface area contributed by atoms with Crippen LogP contribution in [0.5, 0.6) is 5.75 Å². The molecule has 0 unspecified atom stereocenters. The van der Waals surface area contributed by atoms with Crippen LogP contribution in [-0.4, -0.2) is 17.6 Å². The second-order valence-corrected chi connectivity index (χ2v) is 5.42. The molecule has 1 fully saturated rings. The second-order valence-electron chi connectivity index (χ2n) is 5.42. The second kappa shape index (κ2) is 6.02. The van der Waals surface area contributed by atoms with Crippen molar-refractivity contribution in [2.45, 2.75) is 39.3 Å². The Morgan fingerprint density at radius 1 is 1.47 bits per heavy atom. The van der Waals surface area contributed by atoms with Crippen LogP contribution in [0.15, 0.2) is 18.2 Å². The zero-order chi connectivity index (χ0) is 13.8. The lowest BCUT2D eigenvalue weighted by Gasteiger charge is -2.11. The van der Waals surface area contributed by atoms with Crippen LogP contribution in [0, 0.1) is 16.0 Å². The van der Waals surface area contributed by atoms with E-state index >= 15 is 0 Å². The fourth-order valence-electron chi connectivity index (χ4n) is 1.74. The van der Waals surface area contributed by atoms with Gasteiger partial charge in [-0.3, -0.25) is 10.1 Å². The Labute approximate surface area is 113 Å². The molecule has 1 aromatic carbocycles. The lowest BCUT2D eigenvalue weighted by Crippen LogP contribution is -2.15. The summed E-state index contributed by atoms with van der Waals surface area (Å²) in [6, 6.07) is 5.71. The fourth-order valence-corrected chi connectivity index (χ4v) is 1.74. The molecule has 2 rings (SSSR count). The standard InChI is InChI=1S/C14H20N2O3/c1-10(2)9-19-14-7-11(8-15-12-4-5-12)3-6-13(14)16(17)18/h3,6-7,10,12,15H,4-5,8-9H2,1-2H3. The van der Waals surface area contributed by atoms with E-state index in [1.165, 1.54) is 18.9 Å². The van der Waals surface area contributed by atoms with Crippen LogP contribution in [0.25, 0.3) is 0 Å².